The second-order valence-corrected chi connectivity index (χ2v) is 16.7. The molecule has 1 atom stereocenters. The van der Waals surface area contributed by atoms with Gasteiger partial charge in [-0.2, -0.15) is 0 Å². The fourth-order valence-electron chi connectivity index (χ4n) is 9.92. The molecule has 1 heterocycles. The molecule has 1 aliphatic rings. The standard InChI is InChI=1S/C62H41N3/c1-4-15-42(16-5-1)44-27-31-48(32-28-44)59-63-60(49-33-29-45(30-34-49)43-17-6-2-7-18-43)65-61(64-59)51-21-14-20-50(41-51)46-35-38-53(39-36-46)62(52-22-8-3-9-23-52)56-26-13-12-25-55(56)58-54-24-11-10-19-47(54)37-40-57(58)62/h1-41H. The van der Waals surface area contributed by atoms with Crippen LogP contribution in [0.5, 0.6) is 0 Å². The van der Waals surface area contributed by atoms with Gasteiger partial charge in [-0.1, -0.05) is 243 Å². The number of benzene rings is 10. The van der Waals surface area contributed by atoms with E-state index in [0.717, 1.165) is 38.9 Å². The third kappa shape index (κ3) is 6.65. The Morgan fingerprint density at radius 2 is 0.692 bits per heavy atom. The molecule has 11 aromatic rings. The van der Waals surface area contributed by atoms with Crippen molar-refractivity contribution in [3.8, 4) is 78.7 Å². The van der Waals surface area contributed by atoms with Gasteiger partial charge < -0.3 is 0 Å². The Hall–Kier alpha value is -8.53. The maximum atomic E-state index is 5.15. The normalized spacial score (nSPS) is 13.9. The molecule has 0 radical (unpaired) electrons. The van der Waals surface area contributed by atoms with E-state index in [-0.39, 0.29) is 0 Å². The van der Waals surface area contributed by atoms with Crippen molar-refractivity contribution in [1.29, 1.82) is 0 Å². The molecule has 304 valence electrons. The lowest BCUT2D eigenvalue weighted by atomic mass is 9.67. The fraction of sp³-hybridized carbons (Fsp3) is 0.0161. The zero-order chi connectivity index (χ0) is 43.2. The van der Waals surface area contributed by atoms with Gasteiger partial charge in [0, 0.05) is 16.7 Å². The molecule has 1 aromatic heterocycles. The van der Waals surface area contributed by atoms with Gasteiger partial charge in [0.1, 0.15) is 0 Å². The summed E-state index contributed by atoms with van der Waals surface area (Å²) in [5, 5.41) is 2.53. The first-order valence-electron chi connectivity index (χ1n) is 22.2. The second kappa shape index (κ2) is 16.0. The van der Waals surface area contributed by atoms with Gasteiger partial charge in [0.25, 0.3) is 0 Å². The number of aromatic nitrogens is 3. The summed E-state index contributed by atoms with van der Waals surface area (Å²) >= 11 is 0. The number of rotatable bonds is 8. The highest BCUT2D eigenvalue weighted by molar-refractivity contribution is 6.04. The monoisotopic (exact) mass is 827 g/mol. The summed E-state index contributed by atoms with van der Waals surface area (Å²) in [4.78, 5) is 15.4. The smallest absolute Gasteiger partial charge is 0.164 e. The van der Waals surface area contributed by atoms with E-state index < -0.39 is 5.41 Å². The molecule has 65 heavy (non-hydrogen) atoms. The number of hydrogen-bond donors (Lipinski definition) is 0. The number of fused-ring (bicyclic) bond motifs is 5. The lowest BCUT2D eigenvalue weighted by Crippen LogP contribution is -2.28. The van der Waals surface area contributed by atoms with Crippen molar-refractivity contribution in [2.24, 2.45) is 0 Å². The van der Waals surface area contributed by atoms with E-state index in [1.807, 2.05) is 12.1 Å². The van der Waals surface area contributed by atoms with Crippen molar-refractivity contribution in [3.05, 3.63) is 271 Å². The molecule has 0 fully saturated rings. The molecule has 0 bridgehead atoms. The van der Waals surface area contributed by atoms with Crippen LogP contribution in [0.4, 0.5) is 0 Å². The molecule has 3 nitrogen and oxygen atoms in total. The fourth-order valence-corrected chi connectivity index (χ4v) is 9.92. The Balaban J connectivity index is 0.951. The molecule has 0 N–H and O–H groups in total. The molecule has 12 rings (SSSR count). The molecule has 0 amide bonds. The summed E-state index contributed by atoms with van der Waals surface area (Å²) in [6.07, 6.45) is 0. The minimum atomic E-state index is -0.492. The lowest BCUT2D eigenvalue weighted by molar-refractivity contribution is 0.769. The van der Waals surface area contributed by atoms with Crippen LogP contribution < -0.4 is 0 Å². The maximum Gasteiger partial charge on any atom is 0.164 e. The molecule has 0 saturated carbocycles. The van der Waals surface area contributed by atoms with Gasteiger partial charge in [0.2, 0.25) is 0 Å². The first-order valence-corrected chi connectivity index (χ1v) is 22.2. The first-order chi connectivity index (χ1) is 32.2. The highest BCUT2D eigenvalue weighted by Crippen LogP contribution is 2.57. The van der Waals surface area contributed by atoms with Crippen molar-refractivity contribution < 1.29 is 0 Å². The quantitative estimate of drug-likeness (QED) is 0.153. The minimum absolute atomic E-state index is 0.492. The van der Waals surface area contributed by atoms with Gasteiger partial charge in [0.15, 0.2) is 17.5 Å². The summed E-state index contributed by atoms with van der Waals surface area (Å²) in [5.74, 6) is 1.88. The molecule has 10 aromatic carbocycles. The lowest BCUT2D eigenvalue weighted by Gasteiger charge is -2.34. The van der Waals surface area contributed by atoms with Crippen LogP contribution in [0.15, 0.2) is 249 Å². The molecule has 0 aliphatic heterocycles. The summed E-state index contributed by atoms with van der Waals surface area (Å²) in [7, 11) is 0. The first kappa shape index (κ1) is 38.2. The average molecular weight is 828 g/mol. The van der Waals surface area contributed by atoms with Gasteiger partial charge in [0.05, 0.1) is 5.41 Å². The highest BCUT2D eigenvalue weighted by atomic mass is 15.0. The predicted octanol–water partition coefficient (Wildman–Crippen LogP) is 15.4. The van der Waals surface area contributed by atoms with Gasteiger partial charge in [-0.15, -0.1) is 0 Å². The van der Waals surface area contributed by atoms with Crippen molar-refractivity contribution in [2.75, 3.05) is 0 Å². The van der Waals surface area contributed by atoms with E-state index in [4.69, 9.17) is 15.0 Å². The SMILES string of the molecule is c1ccc(-c2ccc(-c3nc(-c4ccc(-c5ccccc5)cc4)nc(-c4cccc(-c5ccc(C6(c7ccccc7)c7ccccc7-c7c6ccc6ccccc76)cc5)c4)n3)cc2)cc1. The van der Waals surface area contributed by atoms with E-state index in [9.17, 15) is 0 Å². The van der Waals surface area contributed by atoms with E-state index in [1.165, 1.54) is 55.3 Å². The highest BCUT2D eigenvalue weighted by Gasteiger charge is 2.46. The molecule has 0 saturated heterocycles. The Labute approximate surface area is 379 Å². The topological polar surface area (TPSA) is 38.7 Å². The van der Waals surface area contributed by atoms with Crippen molar-refractivity contribution in [1.82, 2.24) is 15.0 Å². The summed E-state index contributed by atoms with van der Waals surface area (Å²) in [5.41, 5.74) is 16.8. The third-order valence-corrected chi connectivity index (χ3v) is 13.0. The second-order valence-electron chi connectivity index (χ2n) is 16.7. The summed E-state index contributed by atoms with van der Waals surface area (Å²) in [6.45, 7) is 0. The molecular weight excluding hydrogens is 787 g/mol. The van der Waals surface area contributed by atoms with Gasteiger partial charge in [-0.05, 0) is 83.6 Å². The number of hydrogen-bond acceptors (Lipinski definition) is 3. The Morgan fingerprint density at radius 1 is 0.262 bits per heavy atom. The van der Waals surface area contributed by atoms with E-state index in [0.29, 0.717) is 17.5 Å². The van der Waals surface area contributed by atoms with Crippen molar-refractivity contribution in [3.63, 3.8) is 0 Å². The average Bonchev–Trinajstić information content (AvgIpc) is 3.71. The third-order valence-electron chi connectivity index (χ3n) is 13.0. The molecule has 1 aliphatic carbocycles. The van der Waals surface area contributed by atoms with E-state index >= 15 is 0 Å². The molecule has 1 unspecified atom stereocenters. The van der Waals surface area contributed by atoms with Crippen molar-refractivity contribution >= 4 is 10.8 Å². The van der Waals surface area contributed by atoms with E-state index in [1.54, 1.807) is 0 Å². The maximum absolute atomic E-state index is 5.15. The molecule has 0 spiro atoms. The van der Waals surface area contributed by atoms with Crippen LogP contribution in [0.2, 0.25) is 0 Å². The number of nitrogens with zero attached hydrogens (tertiary/aromatic N) is 3. The summed E-state index contributed by atoms with van der Waals surface area (Å²) in [6, 6.07) is 89.0. The van der Waals surface area contributed by atoms with Crippen LogP contribution in [0.3, 0.4) is 0 Å². The summed E-state index contributed by atoms with van der Waals surface area (Å²) < 4.78 is 0. The van der Waals surface area contributed by atoms with Crippen LogP contribution in [-0.4, -0.2) is 15.0 Å². The zero-order valence-electron chi connectivity index (χ0n) is 35.5. The minimum Gasteiger partial charge on any atom is -0.208 e. The van der Waals surface area contributed by atoms with Gasteiger partial charge in [-0.25, -0.2) is 15.0 Å². The molecular formula is C62H41N3. The van der Waals surface area contributed by atoms with E-state index in [2.05, 4.69) is 237 Å². The van der Waals surface area contributed by atoms with Crippen LogP contribution in [0.25, 0.3) is 89.4 Å². The largest absolute Gasteiger partial charge is 0.208 e. The van der Waals surface area contributed by atoms with Crippen LogP contribution in [-0.2, 0) is 5.41 Å². The van der Waals surface area contributed by atoms with Gasteiger partial charge >= 0.3 is 0 Å². The Morgan fingerprint density at radius 3 is 1.32 bits per heavy atom. The predicted molar refractivity (Wildman–Crippen MR) is 267 cm³/mol. The Bertz CT molecular complexity index is 3390. The van der Waals surface area contributed by atoms with Crippen LogP contribution >= 0.6 is 0 Å². The zero-order valence-corrected chi connectivity index (χ0v) is 35.5. The Kier molecular flexibility index (Phi) is 9.39. The van der Waals surface area contributed by atoms with Crippen molar-refractivity contribution in [2.45, 2.75) is 5.41 Å². The molecule has 3 heteroatoms. The van der Waals surface area contributed by atoms with Gasteiger partial charge in [-0.3, -0.25) is 0 Å². The van der Waals surface area contributed by atoms with Crippen LogP contribution in [0.1, 0.15) is 22.3 Å². The van der Waals surface area contributed by atoms with Crippen LogP contribution in [0, 0.1) is 0 Å².